The molecule has 1 saturated heterocycles. The normalized spacial score (nSPS) is 23.4. The van der Waals surface area contributed by atoms with Gasteiger partial charge in [0.25, 0.3) is 5.91 Å². The molecule has 1 aliphatic rings. The third-order valence-electron chi connectivity index (χ3n) is 3.10. The number of carbonyl (C=O) groups is 2. The van der Waals surface area contributed by atoms with Crippen molar-refractivity contribution in [3.8, 4) is 0 Å². The van der Waals surface area contributed by atoms with Gasteiger partial charge in [0.15, 0.2) is 0 Å². The summed E-state index contributed by atoms with van der Waals surface area (Å²) in [6.45, 7) is 2.48. The molecule has 2 atom stereocenters. The van der Waals surface area contributed by atoms with Gasteiger partial charge in [-0.05, 0) is 12.0 Å². The minimum absolute atomic E-state index is 0.0562. The number of carboxylic acids is 1. The minimum Gasteiger partial charge on any atom is -0.481 e. The molecule has 0 saturated carbocycles. The molecule has 1 amide bonds. The number of hydrogen-bond acceptors (Lipinski definition) is 3. The zero-order valence-corrected chi connectivity index (χ0v) is 11.8. The number of nitrogens with zero attached hydrogens (tertiary/aromatic N) is 1. The van der Waals surface area contributed by atoms with Crippen LogP contribution < -0.4 is 0 Å². The van der Waals surface area contributed by atoms with Crippen LogP contribution in [0.25, 0.3) is 0 Å². The van der Waals surface area contributed by atoms with Gasteiger partial charge in [-0.3, -0.25) is 9.59 Å². The van der Waals surface area contributed by atoms with Crippen molar-refractivity contribution < 1.29 is 14.7 Å². The summed E-state index contributed by atoms with van der Waals surface area (Å²) in [6, 6.07) is 1.52. The van der Waals surface area contributed by atoms with Crippen molar-refractivity contribution in [3.63, 3.8) is 0 Å². The van der Waals surface area contributed by atoms with Gasteiger partial charge in [-0.1, -0.05) is 30.1 Å². The zero-order chi connectivity index (χ0) is 13.4. The van der Waals surface area contributed by atoms with Crippen molar-refractivity contribution in [3.05, 3.63) is 20.3 Å². The first-order valence-electron chi connectivity index (χ1n) is 5.37. The summed E-state index contributed by atoms with van der Waals surface area (Å²) in [4.78, 5) is 24.7. The fraction of sp³-hybridized carbons (Fsp3) is 0.455. The van der Waals surface area contributed by atoms with E-state index in [1.165, 1.54) is 11.0 Å². The van der Waals surface area contributed by atoms with E-state index in [1.807, 2.05) is 6.92 Å². The van der Waals surface area contributed by atoms with Gasteiger partial charge in [0.05, 0.1) is 15.8 Å². The first-order valence-corrected chi connectivity index (χ1v) is 6.94. The molecule has 1 aromatic rings. The van der Waals surface area contributed by atoms with Crippen LogP contribution in [0, 0.1) is 11.8 Å². The van der Waals surface area contributed by atoms with Crippen molar-refractivity contribution in [1.82, 2.24) is 4.90 Å². The highest BCUT2D eigenvalue weighted by Crippen LogP contribution is 2.33. The van der Waals surface area contributed by atoms with Gasteiger partial charge in [0, 0.05) is 13.1 Å². The van der Waals surface area contributed by atoms with Gasteiger partial charge >= 0.3 is 5.97 Å². The molecule has 1 aromatic heterocycles. The van der Waals surface area contributed by atoms with Crippen LogP contribution in [-0.4, -0.2) is 35.0 Å². The summed E-state index contributed by atoms with van der Waals surface area (Å²) >= 11 is 12.8. The van der Waals surface area contributed by atoms with Gasteiger partial charge in [0.2, 0.25) is 0 Å². The lowest BCUT2D eigenvalue weighted by Gasteiger charge is -2.15. The molecular formula is C11H11Cl2NO3S. The van der Waals surface area contributed by atoms with E-state index in [0.717, 1.165) is 11.3 Å². The Morgan fingerprint density at radius 3 is 2.56 bits per heavy atom. The number of aliphatic carboxylic acids is 1. The summed E-state index contributed by atoms with van der Waals surface area (Å²) in [5.41, 5.74) is 0.352. The molecule has 1 N–H and O–H groups in total. The average Bonchev–Trinajstić information content (AvgIpc) is 2.81. The van der Waals surface area contributed by atoms with Gasteiger partial charge in [0.1, 0.15) is 4.34 Å². The van der Waals surface area contributed by atoms with E-state index in [0.29, 0.717) is 20.8 Å². The van der Waals surface area contributed by atoms with Crippen LogP contribution in [0.5, 0.6) is 0 Å². The number of thiophene rings is 1. The van der Waals surface area contributed by atoms with Crippen LogP contribution in [-0.2, 0) is 4.79 Å². The Bertz CT molecular complexity index is 502. The largest absolute Gasteiger partial charge is 0.481 e. The fourth-order valence-electron chi connectivity index (χ4n) is 2.11. The number of carbonyl (C=O) groups excluding carboxylic acids is 1. The molecule has 98 valence electrons. The Hall–Kier alpha value is -0.780. The lowest BCUT2D eigenvalue weighted by atomic mass is 9.99. The quantitative estimate of drug-likeness (QED) is 0.914. The van der Waals surface area contributed by atoms with Gasteiger partial charge in [-0.2, -0.15) is 0 Å². The van der Waals surface area contributed by atoms with Crippen LogP contribution in [0.1, 0.15) is 17.3 Å². The molecule has 1 aliphatic heterocycles. The number of likely N-dealkylation sites (tertiary alicyclic amines) is 1. The predicted octanol–water partition coefficient (Wildman–Crippen LogP) is 2.85. The zero-order valence-electron chi connectivity index (χ0n) is 9.52. The van der Waals surface area contributed by atoms with Crippen molar-refractivity contribution in [2.24, 2.45) is 11.8 Å². The number of halogens is 2. The molecule has 4 nitrogen and oxygen atoms in total. The molecule has 18 heavy (non-hydrogen) atoms. The van der Waals surface area contributed by atoms with E-state index in [1.54, 1.807) is 0 Å². The Labute approximate surface area is 118 Å². The van der Waals surface area contributed by atoms with Crippen LogP contribution in [0.15, 0.2) is 6.07 Å². The van der Waals surface area contributed by atoms with Gasteiger partial charge in [-0.25, -0.2) is 0 Å². The Morgan fingerprint density at radius 2 is 2.11 bits per heavy atom. The van der Waals surface area contributed by atoms with Crippen LogP contribution in [0.3, 0.4) is 0 Å². The molecule has 0 spiro atoms. The summed E-state index contributed by atoms with van der Waals surface area (Å²) in [7, 11) is 0. The third-order valence-corrected chi connectivity index (χ3v) is 4.59. The molecule has 2 rings (SSSR count). The van der Waals surface area contributed by atoms with Crippen LogP contribution in [0.4, 0.5) is 0 Å². The lowest BCUT2D eigenvalue weighted by molar-refractivity contribution is -0.142. The first-order chi connectivity index (χ1) is 8.40. The molecule has 2 heterocycles. The number of carboxylic acid groups (broad SMARTS) is 1. The highest BCUT2D eigenvalue weighted by molar-refractivity contribution is 7.20. The van der Waals surface area contributed by atoms with E-state index < -0.39 is 11.9 Å². The standard InChI is InChI=1S/C11H11Cl2NO3S/c1-5-3-14(4-7(5)11(16)17)10(15)6-2-8(12)18-9(6)13/h2,5,7H,3-4H2,1H3,(H,16,17)/t5-,7-/m1/s1. The predicted molar refractivity (Wildman–Crippen MR) is 70.5 cm³/mol. The molecule has 0 aliphatic carbocycles. The van der Waals surface area contributed by atoms with E-state index in [2.05, 4.69) is 0 Å². The summed E-state index contributed by atoms with van der Waals surface area (Å²) < 4.78 is 0.793. The van der Waals surface area contributed by atoms with Crippen molar-refractivity contribution in [1.29, 1.82) is 0 Å². The molecule has 0 bridgehead atoms. The highest BCUT2D eigenvalue weighted by Gasteiger charge is 2.37. The van der Waals surface area contributed by atoms with E-state index in [9.17, 15) is 9.59 Å². The SMILES string of the molecule is C[C@@H]1CN(C(=O)c2cc(Cl)sc2Cl)C[C@H]1C(=O)O. The van der Waals surface area contributed by atoms with Crippen LogP contribution >= 0.6 is 34.5 Å². The first kappa shape index (κ1) is 13.6. The maximum absolute atomic E-state index is 12.2. The van der Waals surface area contributed by atoms with Crippen molar-refractivity contribution in [2.75, 3.05) is 13.1 Å². The minimum atomic E-state index is -0.868. The van der Waals surface area contributed by atoms with E-state index in [-0.39, 0.29) is 18.4 Å². The second kappa shape index (κ2) is 5.07. The summed E-state index contributed by atoms with van der Waals surface area (Å²) in [6.07, 6.45) is 0. The monoisotopic (exact) mass is 307 g/mol. The summed E-state index contributed by atoms with van der Waals surface area (Å²) in [5.74, 6) is -1.69. The molecule has 7 heteroatoms. The topological polar surface area (TPSA) is 57.6 Å². The lowest BCUT2D eigenvalue weighted by Crippen LogP contribution is -2.29. The molecule has 0 aromatic carbocycles. The number of hydrogen-bond donors (Lipinski definition) is 1. The third kappa shape index (κ3) is 2.48. The van der Waals surface area contributed by atoms with Crippen molar-refractivity contribution >= 4 is 46.4 Å². The number of rotatable bonds is 2. The molecule has 0 radical (unpaired) electrons. The van der Waals surface area contributed by atoms with Crippen LogP contribution in [0.2, 0.25) is 8.67 Å². The molecule has 1 fully saturated rings. The molecular weight excluding hydrogens is 297 g/mol. The summed E-state index contributed by atoms with van der Waals surface area (Å²) in [5, 5.41) is 9.03. The maximum Gasteiger partial charge on any atom is 0.308 e. The molecule has 0 unspecified atom stereocenters. The second-order valence-electron chi connectivity index (χ2n) is 4.37. The maximum atomic E-state index is 12.2. The van der Waals surface area contributed by atoms with Gasteiger partial charge < -0.3 is 10.0 Å². The Kier molecular flexibility index (Phi) is 3.84. The smallest absolute Gasteiger partial charge is 0.308 e. The Morgan fingerprint density at radius 1 is 1.44 bits per heavy atom. The van der Waals surface area contributed by atoms with Crippen molar-refractivity contribution in [2.45, 2.75) is 6.92 Å². The second-order valence-corrected chi connectivity index (χ2v) is 6.66. The fourth-order valence-corrected chi connectivity index (χ4v) is 3.56. The number of amides is 1. The Balaban J connectivity index is 2.17. The van der Waals surface area contributed by atoms with E-state index in [4.69, 9.17) is 28.3 Å². The average molecular weight is 308 g/mol. The van der Waals surface area contributed by atoms with Gasteiger partial charge in [-0.15, -0.1) is 11.3 Å². The van der Waals surface area contributed by atoms with E-state index >= 15 is 0 Å². The highest BCUT2D eigenvalue weighted by atomic mass is 35.5.